The summed E-state index contributed by atoms with van der Waals surface area (Å²) in [6.45, 7) is 3.78. The maximum Gasteiger partial charge on any atom is 0.276 e. The highest BCUT2D eigenvalue weighted by Gasteiger charge is 2.11. The van der Waals surface area contributed by atoms with Gasteiger partial charge in [-0.2, -0.15) is 0 Å². The Morgan fingerprint density at radius 1 is 1.07 bits per heavy atom. The molecule has 0 bridgehead atoms. The molecule has 8 nitrogen and oxygen atoms in total. The molecule has 0 aliphatic heterocycles. The summed E-state index contributed by atoms with van der Waals surface area (Å²) in [6.07, 6.45) is 1.33. The highest BCUT2D eigenvalue weighted by Crippen LogP contribution is 2.28. The van der Waals surface area contributed by atoms with Gasteiger partial charge in [-0.05, 0) is 55.3 Å². The first-order valence-electron chi connectivity index (χ1n) is 8.91. The van der Waals surface area contributed by atoms with Crippen LogP contribution < -0.4 is 26.6 Å². The Hall–Kier alpha value is -3.23. The van der Waals surface area contributed by atoms with E-state index in [-0.39, 0.29) is 18.1 Å². The number of halogens is 2. The number of aromatic nitrogens is 2. The third-order valence-corrected chi connectivity index (χ3v) is 4.76. The number of benzene rings is 2. The molecule has 3 aromatic rings. The topological polar surface area (TPSA) is 114 Å². The van der Waals surface area contributed by atoms with Crippen LogP contribution in [0.15, 0.2) is 42.7 Å². The fourth-order valence-electron chi connectivity index (χ4n) is 2.45. The van der Waals surface area contributed by atoms with E-state index in [0.29, 0.717) is 21.6 Å². The largest absolute Gasteiger partial charge is 0.482 e. The molecule has 30 heavy (non-hydrogen) atoms. The van der Waals surface area contributed by atoms with Crippen molar-refractivity contribution in [2.75, 3.05) is 23.1 Å². The van der Waals surface area contributed by atoms with Crippen molar-refractivity contribution in [3.8, 4) is 5.75 Å². The predicted octanol–water partition coefficient (Wildman–Crippen LogP) is 4.25. The highest BCUT2D eigenvalue weighted by molar-refractivity contribution is 6.35. The molecule has 3 rings (SSSR count). The number of nitrogens with zero attached hydrogens (tertiary/aromatic N) is 2. The van der Waals surface area contributed by atoms with Crippen LogP contribution >= 0.6 is 23.2 Å². The van der Waals surface area contributed by atoms with E-state index in [0.717, 1.165) is 11.3 Å². The van der Waals surface area contributed by atoms with E-state index in [4.69, 9.17) is 33.7 Å². The van der Waals surface area contributed by atoms with Crippen molar-refractivity contribution in [1.82, 2.24) is 15.4 Å². The van der Waals surface area contributed by atoms with Gasteiger partial charge in [0.2, 0.25) is 0 Å². The molecule has 156 valence electrons. The van der Waals surface area contributed by atoms with Crippen LogP contribution in [0.3, 0.4) is 0 Å². The summed E-state index contributed by atoms with van der Waals surface area (Å²) in [6, 6.07) is 10.6. The minimum atomic E-state index is -0.456. The quantitative estimate of drug-likeness (QED) is 0.401. The number of hydrogen-bond donors (Lipinski definition) is 4. The zero-order chi connectivity index (χ0) is 21.7. The number of anilines is 4. The third kappa shape index (κ3) is 5.43. The lowest BCUT2D eigenvalue weighted by Gasteiger charge is -2.14. The molecule has 0 atom stereocenters. The van der Waals surface area contributed by atoms with Gasteiger partial charge in [0.15, 0.2) is 18.2 Å². The van der Waals surface area contributed by atoms with Crippen molar-refractivity contribution >= 4 is 52.1 Å². The van der Waals surface area contributed by atoms with Gasteiger partial charge in [0, 0.05) is 10.7 Å². The lowest BCUT2D eigenvalue weighted by atomic mass is 10.1. The Kier molecular flexibility index (Phi) is 6.81. The Morgan fingerprint density at radius 2 is 1.83 bits per heavy atom. The van der Waals surface area contributed by atoms with Crippen molar-refractivity contribution < 1.29 is 9.53 Å². The number of nitrogen functional groups attached to an aromatic ring is 1. The molecular formula is C20H20Cl2N6O2. The molecular weight excluding hydrogens is 427 g/mol. The van der Waals surface area contributed by atoms with E-state index in [2.05, 4.69) is 26.1 Å². The molecule has 1 aromatic heterocycles. The van der Waals surface area contributed by atoms with Crippen LogP contribution in [0.25, 0.3) is 0 Å². The van der Waals surface area contributed by atoms with Gasteiger partial charge < -0.3 is 15.8 Å². The van der Waals surface area contributed by atoms with Crippen LogP contribution in [0.2, 0.25) is 10.0 Å². The number of amides is 1. The minimum Gasteiger partial charge on any atom is -0.482 e. The first-order chi connectivity index (χ1) is 14.3. The Morgan fingerprint density at radius 3 is 2.57 bits per heavy atom. The molecule has 10 heteroatoms. The molecule has 0 aliphatic carbocycles. The van der Waals surface area contributed by atoms with E-state index < -0.39 is 5.91 Å². The lowest BCUT2D eigenvalue weighted by Crippen LogP contribution is -2.34. The molecule has 0 fully saturated rings. The van der Waals surface area contributed by atoms with Gasteiger partial charge in [0.05, 0.1) is 5.02 Å². The van der Waals surface area contributed by atoms with Gasteiger partial charge in [-0.1, -0.05) is 29.3 Å². The maximum atomic E-state index is 12.1. The van der Waals surface area contributed by atoms with E-state index in [9.17, 15) is 4.79 Å². The second kappa shape index (κ2) is 9.51. The zero-order valence-corrected chi connectivity index (χ0v) is 17.8. The molecule has 0 radical (unpaired) electrons. The molecule has 0 saturated carbocycles. The van der Waals surface area contributed by atoms with Crippen molar-refractivity contribution in [2.24, 2.45) is 0 Å². The van der Waals surface area contributed by atoms with Gasteiger partial charge in [-0.25, -0.2) is 9.97 Å². The smallest absolute Gasteiger partial charge is 0.276 e. The van der Waals surface area contributed by atoms with Gasteiger partial charge in [0.1, 0.15) is 17.8 Å². The van der Waals surface area contributed by atoms with E-state index in [1.54, 1.807) is 12.1 Å². The summed E-state index contributed by atoms with van der Waals surface area (Å²) < 4.78 is 5.38. The number of hydrazine groups is 1. The number of carbonyl (C=O) groups excluding carboxylic acids is 1. The predicted molar refractivity (Wildman–Crippen MR) is 119 cm³/mol. The van der Waals surface area contributed by atoms with Gasteiger partial charge in [-0.3, -0.25) is 15.6 Å². The number of nitrogens with two attached hydrogens (primary N) is 1. The molecule has 2 aromatic carbocycles. The van der Waals surface area contributed by atoms with Crippen molar-refractivity contribution in [2.45, 2.75) is 13.8 Å². The summed E-state index contributed by atoms with van der Waals surface area (Å²) in [4.78, 5) is 20.3. The van der Waals surface area contributed by atoms with Crippen molar-refractivity contribution in [3.05, 3.63) is 63.9 Å². The van der Waals surface area contributed by atoms with Crippen molar-refractivity contribution in [3.63, 3.8) is 0 Å². The number of carbonyl (C=O) groups is 1. The summed E-state index contributed by atoms with van der Waals surface area (Å²) in [5, 5.41) is 3.93. The molecule has 5 N–H and O–H groups in total. The summed E-state index contributed by atoms with van der Waals surface area (Å²) in [5.74, 6) is 0.545. The van der Waals surface area contributed by atoms with E-state index >= 15 is 0 Å². The summed E-state index contributed by atoms with van der Waals surface area (Å²) in [7, 11) is 0. The second-order valence-electron chi connectivity index (χ2n) is 6.45. The van der Waals surface area contributed by atoms with E-state index in [1.807, 2.05) is 32.0 Å². The van der Waals surface area contributed by atoms with Crippen LogP contribution in [0, 0.1) is 13.8 Å². The van der Waals surface area contributed by atoms with Gasteiger partial charge in [0.25, 0.3) is 5.91 Å². The normalized spacial score (nSPS) is 10.4. The molecule has 0 unspecified atom stereocenters. The third-order valence-electron chi connectivity index (χ3n) is 4.23. The molecule has 0 saturated heterocycles. The highest BCUT2D eigenvalue weighted by atomic mass is 35.5. The van der Waals surface area contributed by atoms with Crippen LogP contribution in [-0.2, 0) is 4.79 Å². The van der Waals surface area contributed by atoms with Crippen molar-refractivity contribution in [1.29, 1.82) is 0 Å². The first-order valence-corrected chi connectivity index (χ1v) is 9.66. The van der Waals surface area contributed by atoms with Crippen LogP contribution in [0.4, 0.5) is 23.0 Å². The summed E-state index contributed by atoms with van der Waals surface area (Å²) in [5.41, 5.74) is 14.7. The van der Waals surface area contributed by atoms with E-state index in [1.165, 1.54) is 18.0 Å². The Balaban J connectivity index is 1.59. The fourth-order valence-corrected chi connectivity index (χ4v) is 2.91. The van der Waals surface area contributed by atoms with Crippen LogP contribution in [-0.4, -0.2) is 22.5 Å². The number of ether oxygens (including phenoxy) is 1. The number of rotatable bonds is 7. The first kappa shape index (κ1) is 21.5. The molecule has 0 spiro atoms. The van der Waals surface area contributed by atoms with Crippen LogP contribution in [0.1, 0.15) is 11.1 Å². The Bertz CT molecular complexity index is 1080. The molecule has 1 heterocycles. The summed E-state index contributed by atoms with van der Waals surface area (Å²) >= 11 is 11.8. The number of aryl methyl sites for hydroxylation is 2. The van der Waals surface area contributed by atoms with Gasteiger partial charge >= 0.3 is 0 Å². The number of nitrogens with one attached hydrogen (secondary N) is 3. The average Bonchev–Trinajstić information content (AvgIpc) is 2.70. The number of hydrogen-bond acceptors (Lipinski definition) is 7. The van der Waals surface area contributed by atoms with Gasteiger partial charge in [-0.15, -0.1) is 0 Å². The lowest BCUT2D eigenvalue weighted by molar-refractivity contribution is -0.122. The minimum absolute atomic E-state index is 0.245. The standard InChI is InChI=1S/C20H20Cl2N6O2/c1-11-3-5-14(7-12(11)2)26-19-18(23)20(25-10-24-19)28-27-17(29)9-30-16-6-4-13(21)8-15(16)22/h3-8,10H,9,23H2,1-2H3,(H,27,29)(H2,24,25,26,28). The zero-order valence-electron chi connectivity index (χ0n) is 16.3. The molecule has 0 aliphatic rings. The maximum absolute atomic E-state index is 12.1. The average molecular weight is 447 g/mol. The SMILES string of the molecule is Cc1ccc(Nc2ncnc(NNC(=O)COc3ccc(Cl)cc3Cl)c2N)cc1C. The second-order valence-corrected chi connectivity index (χ2v) is 7.29. The molecule has 1 amide bonds. The van der Waals surface area contributed by atoms with Crippen LogP contribution in [0.5, 0.6) is 5.75 Å². The fraction of sp³-hybridized carbons (Fsp3) is 0.150. The monoisotopic (exact) mass is 446 g/mol. The Labute approximate surface area is 183 Å².